The lowest BCUT2D eigenvalue weighted by atomic mass is 10.1. The molecule has 0 aliphatic carbocycles. The van der Waals surface area contributed by atoms with Gasteiger partial charge in [0, 0.05) is 21.0 Å². The lowest BCUT2D eigenvalue weighted by Crippen LogP contribution is -2.38. The fraction of sp³-hybridized carbons (Fsp3) is 0.300. The Bertz CT molecular complexity index is 1060. The molecule has 2 aliphatic heterocycles. The molecule has 0 aromatic heterocycles. The Morgan fingerprint density at radius 1 is 1.14 bits per heavy atom. The lowest BCUT2D eigenvalue weighted by molar-refractivity contribution is 0.100. The zero-order valence-corrected chi connectivity index (χ0v) is 18.6. The van der Waals surface area contributed by atoms with Crippen LogP contribution >= 0.6 is 27.7 Å². The third-order valence-electron chi connectivity index (χ3n) is 4.98. The molecule has 28 heavy (non-hydrogen) atoms. The maximum absolute atomic E-state index is 12.7. The number of carbonyl (C=O) groups is 1. The molecule has 8 heteroatoms. The van der Waals surface area contributed by atoms with Gasteiger partial charge in [0.2, 0.25) is 0 Å². The molecule has 2 unspecified atom stereocenters. The number of amides is 1. The molecule has 0 N–H and O–H groups in total. The zero-order valence-electron chi connectivity index (χ0n) is 15.4. The lowest BCUT2D eigenvalue weighted by Gasteiger charge is -2.28. The van der Waals surface area contributed by atoms with Gasteiger partial charge in [0.15, 0.2) is 15.0 Å². The van der Waals surface area contributed by atoms with Crippen molar-refractivity contribution >= 4 is 54.3 Å². The molecule has 2 fully saturated rings. The van der Waals surface area contributed by atoms with Gasteiger partial charge in [-0.1, -0.05) is 45.9 Å². The minimum Gasteiger partial charge on any atom is -0.315 e. The first kappa shape index (κ1) is 19.7. The van der Waals surface area contributed by atoms with Crippen LogP contribution in [-0.4, -0.2) is 42.3 Å². The fourth-order valence-electron chi connectivity index (χ4n) is 3.84. The number of thioether (sulfide) groups is 1. The first-order valence-corrected chi connectivity index (χ1v) is 12.4. The van der Waals surface area contributed by atoms with Crippen molar-refractivity contribution in [3.8, 4) is 0 Å². The Kier molecular flexibility index (Phi) is 5.14. The van der Waals surface area contributed by atoms with E-state index in [4.69, 9.17) is 0 Å². The highest BCUT2D eigenvalue weighted by atomic mass is 79.9. The van der Waals surface area contributed by atoms with Crippen molar-refractivity contribution in [1.82, 2.24) is 0 Å². The summed E-state index contributed by atoms with van der Waals surface area (Å²) in [5, 5.41) is 0.460. The molecular weight excluding hydrogens is 460 g/mol. The minimum absolute atomic E-state index is 0.0815. The summed E-state index contributed by atoms with van der Waals surface area (Å²) in [5.74, 6) is -0.118. The van der Waals surface area contributed by atoms with E-state index in [1.807, 2.05) is 36.9 Å². The second-order valence-corrected chi connectivity index (χ2v) is 11.4. The maximum atomic E-state index is 12.7. The Morgan fingerprint density at radius 2 is 1.79 bits per heavy atom. The Balaban J connectivity index is 1.81. The highest BCUT2D eigenvalue weighted by Crippen LogP contribution is 2.43. The molecule has 2 heterocycles. The number of anilines is 1. The molecule has 0 saturated carbocycles. The number of fused-ring (bicyclic) bond motifs is 1. The molecule has 0 radical (unpaired) electrons. The van der Waals surface area contributed by atoms with E-state index >= 15 is 0 Å². The average molecular weight is 479 g/mol. The van der Waals surface area contributed by atoms with Crippen LogP contribution in [0.25, 0.3) is 0 Å². The SMILES string of the molecule is Cc1cc(Br)cc(C)c1N1C(=NC(=O)c2ccccc2)SC2CS(=O)(=O)CC21. The van der Waals surface area contributed by atoms with Crippen LogP contribution in [0, 0.1) is 13.8 Å². The molecule has 2 saturated heterocycles. The number of aryl methyl sites for hydroxylation is 2. The van der Waals surface area contributed by atoms with Crippen molar-refractivity contribution in [3.05, 3.63) is 63.6 Å². The van der Waals surface area contributed by atoms with E-state index in [-0.39, 0.29) is 28.7 Å². The molecule has 4 rings (SSSR count). The zero-order chi connectivity index (χ0) is 20.1. The van der Waals surface area contributed by atoms with Crippen LogP contribution in [0.15, 0.2) is 51.9 Å². The first-order chi connectivity index (χ1) is 13.2. The molecule has 1 amide bonds. The fourth-order valence-corrected chi connectivity index (χ4v) is 8.43. The molecule has 2 aliphatic rings. The molecule has 0 bridgehead atoms. The Hall–Kier alpha value is -1.64. The van der Waals surface area contributed by atoms with Crippen LogP contribution in [0.2, 0.25) is 0 Å². The van der Waals surface area contributed by atoms with E-state index in [0.29, 0.717) is 10.7 Å². The van der Waals surface area contributed by atoms with Gasteiger partial charge >= 0.3 is 0 Å². The van der Waals surface area contributed by atoms with E-state index in [9.17, 15) is 13.2 Å². The van der Waals surface area contributed by atoms with Crippen molar-refractivity contribution in [2.45, 2.75) is 25.1 Å². The number of aliphatic imine (C=N–C) groups is 1. The van der Waals surface area contributed by atoms with Crippen LogP contribution in [0.3, 0.4) is 0 Å². The van der Waals surface area contributed by atoms with Gasteiger partial charge in [-0.25, -0.2) is 8.42 Å². The summed E-state index contributed by atoms with van der Waals surface area (Å²) in [6, 6.07) is 12.7. The minimum atomic E-state index is -3.10. The van der Waals surface area contributed by atoms with Gasteiger partial charge in [-0.15, -0.1) is 0 Å². The summed E-state index contributed by atoms with van der Waals surface area (Å²) in [4.78, 5) is 19.1. The maximum Gasteiger partial charge on any atom is 0.279 e. The van der Waals surface area contributed by atoms with Crippen molar-refractivity contribution in [3.63, 3.8) is 0 Å². The van der Waals surface area contributed by atoms with Gasteiger partial charge in [0.05, 0.1) is 17.5 Å². The van der Waals surface area contributed by atoms with Gasteiger partial charge in [-0.05, 0) is 49.2 Å². The molecule has 2 atom stereocenters. The molecule has 5 nitrogen and oxygen atoms in total. The van der Waals surface area contributed by atoms with E-state index in [1.165, 1.54) is 11.8 Å². The van der Waals surface area contributed by atoms with Crippen molar-refractivity contribution in [2.24, 2.45) is 4.99 Å². The molecule has 2 aromatic carbocycles. The van der Waals surface area contributed by atoms with E-state index in [0.717, 1.165) is 21.3 Å². The number of benzene rings is 2. The standard InChI is InChI=1S/C20H19BrN2O3S2/c1-12-8-15(21)9-13(2)18(12)23-16-10-28(25,26)11-17(16)27-20(23)22-19(24)14-6-4-3-5-7-14/h3-9,16-17H,10-11H2,1-2H3. The normalized spacial score (nSPS) is 24.5. The van der Waals surface area contributed by atoms with Gasteiger partial charge in [0.1, 0.15) is 0 Å². The number of hydrogen-bond donors (Lipinski definition) is 0. The van der Waals surface area contributed by atoms with E-state index in [2.05, 4.69) is 20.9 Å². The number of hydrogen-bond acceptors (Lipinski definition) is 4. The predicted octanol–water partition coefficient (Wildman–Crippen LogP) is 3.98. The highest BCUT2D eigenvalue weighted by molar-refractivity contribution is 9.10. The van der Waals surface area contributed by atoms with Crippen LogP contribution in [-0.2, 0) is 9.84 Å². The summed E-state index contributed by atoms with van der Waals surface area (Å²) in [7, 11) is -3.10. The van der Waals surface area contributed by atoms with Crippen LogP contribution < -0.4 is 4.90 Å². The predicted molar refractivity (Wildman–Crippen MR) is 118 cm³/mol. The number of amidine groups is 1. The number of halogens is 1. The molecule has 146 valence electrons. The van der Waals surface area contributed by atoms with Crippen LogP contribution in [0.1, 0.15) is 21.5 Å². The largest absolute Gasteiger partial charge is 0.315 e. The smallest absolute Gasteiger partial charge is 0.279 e. The number of rotatable bonds is 2. The second kappa shape index (κ2) is 7.31. The summed E-state index contributed by atoms with van der Waals surface area (Å²) >= 11 is 4.91. The molecule has 0 spiro atoms. The average Bonchev–Trinajstić information content (AvgIpc) is 3.07. The van der Waals surface area contributed by atoms with Crippen molar-refractivity contribution in [2.75, 3.05) is 16.4 Å². The first-order valence-electron chi connectivity index (χ1n) is 8.86. The quantitative estimate of drug-likeness (QED) is 0.652. The summed E-state index contributed by atoms with van der Waals surface area (Å²) in [6.45, 7) is 3.98. The molecular formula is C20H19BrN2O3S2. The van der Waals surface area contributed by atoms with Crippen LogP contribution in [0.4, 0.5) is 5.69 Å². The van der Waals surface area contributed by atoms with Crippen molar-refractivity contribution < 1.29 is 13.2 Å². The third kappa shape index (κ3) is 3.65. The van der Waals surface area contributed by atoms with E-state index < -0.39 is 9.84 Å². The second-order valence-electron chi connectivity index (χ2n) is 7.12. The topological polar surface area (TPSA) is 66.8 Å². The number of carbonyl (C=O) groups excluding carboxylic acids is 1. The summed E-state index contributed by atoms with van der Waals surface area (Å²) < 4.78 is 25.4. The number of nitrogens with zero attached hydrogens (tertiary/aromatic N) is 2. The molecule has 2 aromatic rings. The van der Waals surface area contributed by atoms with Gasteiger partial charge in [0.25, 0.3) is 5.91 Å². The van der Waals surface area contributed by atoms with E-state index in [1.54, 1.807) is 24.3 Å². The highest BCUT2D eigenvalue weighted by Gasteiger charge is 2.50. The Labute approximate surface area is 177 Å². The Morgan fingerprint density at radius 3 is 2.43 bits per heavy atom. The monoisotopic (exact) mass is 478 g/mol. The third-order valence-corrected chi connectivity index (χ3v) is 8.65. The number of sulfone groups is 1. The summed E-state index contributed by atoms with van der Waals surface area (Å²) in [5.41, 5.74) is 3.47. The van der Waals surface area contributed by atoms with Crippen molar-refractivity contribution in [1.29, 1.82) is 0 Å². The summed E-state index contributed by atoms with van der Waals surface area (Å²) in [6.07, 6.45) is 0. The van der Waals surface area contributed by atoms with Gasteiger partial charge in [-0.2, -0.15) is 4.99 Å². The van der Waals surface area contributed by atoms with Crippen LogP contribution in [0.5, 0.6) is 0 Å². The van der Waals surface area contributed by atoms with Gasteiger partial charge < -0.3 is 4.90 Å². The van der Waals surface area contributed by atoms with Gasteiger partial charge in [-0.3, -0.25) is 4.79 Å².